The van der Waals surface area contributed by atoms with Crippen LogP contribution in [0.15, 0.2) is 16.6 Å². The maximum Gasteiger partial charge on any atom is 0.407 e. The van der Waals surface area contributed by atoms with Crippen molar-refractivity contribution in [3.8, 4) is 0 Å². The standard InChI is InChI=1S/C16H19BrF2N2O3/c1-16(2,3)24-15(23)20-9-6-7-21(8-9)14(22)12-10(18)4-5-11(19)13(12)17/h4-5,9H,6-8H2,1-3H3,(H,20,23)/t9-/m0/s1. The molecular weight excluding hydrogens is 386 g/mol. The third-order valence-corrected chi connectivity index (χ3v) is 4.23. The number of hydrogen-bond donors (Lipinski definition) is 1. The van der Waals surface area contributed by atoms with E-state index in [-0.39, 0.29) is 22.6 Å². The van der Waals surface area contributed by atoms with Gasteiger partial charge in [0, 0.05) is 13.1 Å². The number of likely N-dealkylation sites (tertiary alicyclic amines) is 1. The van der Waals surface area contributed by atoms with Crippen LogP contribution in [0.5, 0.6) is 0 Å². The normalized spacial score (nSPS) is 17.8. The van der Waals surface area contributed by atoms with E-state index in [0.717, 1.165) is 12.1 Å². The third-order valence-electron chi connectivity index (χ3n) is 3.45. The molecule has 1 aliphatic rings. The number of nitrogens with one attached hydrogen (secondary N) is 1. The van der Waals surface area contributed by atoms with Crippen molar-refractivity contribution in [3.05, 3.63) is 33.8 Å². The highest BCUT2D eigenvalue weighted by atomic mass is 79.9. The number of alkyl carbamates (subject to hydrolysis) is 1. The first-order valence-electron chi connectivity index (χ1n) is 7.51. The topological polar surface area (TPSA) is 58.6 Å². The van der Waals surface area contributed by atoms with E-state index in [4.69, 9.17) is 4.74 Å². The van der Waals surface area contributed by atoms with Gasteiger partial charge in [-0.2, -0.15) is 0 Å². The van der Waals surface area contributed by atoms with Crippen molar-refractivity contribution in [1.82, 2.24) is 10.2 Å². The number of carbonyl (C=O) groups excluding carboxylic acids is 2. The van der Waals surface area contributed by atoms with Gasteiger partial charge in [-0.25, -0.2) is 13.6 Å². The lowest BCUT2D eigenvalue weighted by molar-refractivity contribution is 0.0502. The van der Waals surface area contributed by atoms with Gasteiger partial charge in [-0.05, 0) is 55.3 Å². The van der Waals surface area contributed by atoms with Gasteiger partial charge in [0.1, 0.15) is 17.2 Å². The molecule has 132 valence electrons. The summed E-state index contributed by atoms with van der Waals surface area (Å²) in [5, 5.41) is 2.68. The lowest BCUT2D eigenvalue weighted by atomic mass is 10.2. The smallest absolute Gasteiger partial charge is 0.407 e. The molecule has 1 aliphatic heterocycles. The van der Waals surface area contributed by atoms with Crippen molar-refractivity contribution in [3.63, 3.8) is 0 Å². The largest absolute Gasteiger partial charge is 0.444 e. The Morgan fingerprint density at radius 1 is 1.29 bits per heavy atom. The summed E-state index contributed by atoms with van der Waals surface area (Å²) in [4.78, 5) is 25.6. The molecule has 1 aromatic carbocycles. The van der Waals surface area contributed by atoms with Crippen LogP contribution in [0.25, 0.3) is 0 Å². The summed E-state index contributed by atoms with van der Waals surface area (Å²) in [6.07, 6.45) is -0.0561. The molecule has 0 spiro atoms. The number of benzene rings is 1. The zero-order valence-electron chi connectivity index (χ0n) is 13.7. The Labute approximate surface area is 147 Å². The van der Waals surface area contributed by atoms with Crippen LogP contribution in [0.1, 0.15) is 37.6 Å². The van der Waals surface area contributed by atoms with Crippen LogP contribution in [0.2, 0.25) is 0 Å². The van der Waals surface area contributed by atoms with E-state index in [9.17, 15) is 18.4 Å². The lowest BCUT2D eigenvalue weighted by Gasteiger charge is -2.22. The first-order chi connectivity index (χ1) is 11.1. The van der Waals surface area contributed by atoms with Crippen molar-refractivity contribution >= 4 is 27.9 Å². The summed E-state index contributed by atoms with van der Waals surface area (Å²) in [7, 11) is 0. The fourth-order valence-corrected chi connectivity index (χ4v) is 2.91. The molecule has 1 heterocycles. The van der Waals surface area contributed by atoms with Gasteiger partial charge in [0.2, 0.25) is 0 Å². The molecule has 0 bridgehead atoms. The van der Waals surface area contributed by atoms with Crippen LogP contribution in [-0.4, -0.2) is 41.6 Å². The van der Waals surface area contributed by atoms with Gasteiger partial charge >= 0.3 is 6.09 Å². The molecule has 2 rings (SSSR count). The summed E-state index contributed by atoms with van der Waals surface area (Å²) >= 11 is 2.91. The molecular formula is C16H19BrF2N2O3. The van der Waals surface area contributed by atoms with Gasteiger partial charge in [0.25, 0.3) is 5.91 Å². The second-order valence-electron chi connectivity index (χ2n) is 6.60. The van der Waals surface area contributed by atoms with E-state index < -0.39 is 29.2 Å². The highest BCUT2D eigenvalue weighted by molar-refractivity contribution is 9.10. The van der Waals surface area contributed by atoms with E-state index in [1.165, 1.54) is 4.90 Å². The zero-order valence-corrected chi connectivity index (χ0v) is 15.2. The number of rotatable bonds is 2. The van der Waals surface area contributed by atoms with Gasteiger partial charge in [0.15, 0.2) is 0 Å². The third kappa shape index (κ3) is 4.43. The first kappa shape index (κ1) is 18.6. The lowest BCUT2D eigenvalue weighted by Crippen LogP contribution is -2.41. The summed E-state index contributed by atoms with van der Waals surface area (Å²) in [5.41, 5.74) is -0.957. The highest BCUT2D eigenvalue weighted by Crippen LogP contribution is 2.26. The molecule has 0 unspecified atom stereocenters. The molecule has 0 aliphatic carbocycles. The summed E-state index contributed by atoms with van der Waals surface area (Å²) in [6, 6.07) is 1.58. The minimum Gasteiger partial charge on any atom is -0.444 e. The maximum atomic E-state index is 13.9. The van der Waals surface area contributed by atoms with Gasteiger partial charge in [0.05, 0.1) is 16.1 Å². The zero-order chi connectivity index (χ0) is 18.1. The Balaban J connectivity index is 2.02. The molecule has 0 aromatic heterocycles. The molecule has 5 nitrogen and oxygen atoms in total. The summed E-state index contributed by atoms with van der Waals surface area (Å²) in [6.45, 7) is 5.80. The Morgan fingerprint density at radius 3 is 2.54 bits per heavy atom. The van der Waals surface area contributed by atoms with Crippen LogP contribution in [0, 0.1) is 11.6 Å². The highest BCUT2D eigenvalue weighted by Gasteiger charge is 2.32. The minimum atomic E-state index is -0.795. The second kappa shape index (κ2) is 7.04. The Morgan fingerprint density at radius 2 is 1.92 bits per heavy atom. The van der Waals surface area contributed by atoms with Crippen LogP contribution in [0.3, 0.4) is 0 Å². The molecule has 24 heavy (non-hydrogen) atoms. The predicted octanol–water partition coefficient (Wildman–Crippen LogP) is 3.47. The van der Waals surface area contributed by atoms with E-state index in [1.54, 1.807) is 20.8 Å². The molecule has 1 N–H and O–H groups in total. The Hall–Kier alpha value is -1.70. The maximum absolute atomic E-state index is 13.9. The van der Waals surface area contributed by atoms with Gasteiger partial charge in [-0.1, -0.05) is 0 Å². The van der Waals surface area contributed by atoms with Crippen LogP contribution in [0.4, 0.5) is 13.6 Å². The number of amides is 2. The number of nitrogens with zero attached hydrogens (tertiary/aromatic N) is 1. The molecule has 0 saturated carbocycles. The second-order valence-corrected chi connectivity index (χ2v) is 7.39. The fourth-order valence-electron chi connectivity index (χ4n) is 2.42. The van der Waals surface area contributed by atoms with Gasteiger partial charge in [-0.15, -0.1) is 0 Å². The van der Waals surface area contributed by atoms with Crippen molar-refractivity contribution in [1.29, 1.82) is 0 Å². The van der Waals surface area contributed by atoms with Gasteiger partial charge < -0.3 is 15.0 Å². The Bertz CT molecular complexity index is 661. The number of carbonyl (C=O) groups is 2. The molecule has 1 aromatic rings. The van der Waals surface area contributed by atoms with Crippen molar-refractivity contribution in [2.24, 2.45) is 0 Å². The average molecular weight is 405 g/mol. The SMILES string of the molecule is CC(C)(C)OC(=O)N[C@H]1CCN(C(=O)c2c(F)ccc(F)c2Br)C1. The molecule has 1 saturated heterocycles. The summed E-state index contributed by atoms with van der Waals surface area (Å²) < 4.78 is 32.4. The quantitative estimate of drug-likeness (QED) is 0.767. The molecule has 0 radical (unpaired) electrons. The van der Waals surface area contributed by atoms with Crippen LogP contribution < -0.4 is 5.32 Å². The van der Waals surface area contributed by atoms with E-state index >= 15 is 0 Å². The predicted molar refractivity (Wildman–Crippen MR) is 87.7 cm³/mol. The molecule has 1 fully saturated rings. The Kier molecular flexibility index (Phi) is 5.47. The van der Waals surface area contributed by atoms with E-state index in [0.29, 0.717) is 13.0 Å². The van der Waals surface area contributed by atoms with E-state index in [2.05, 4.69) is 21.2 Å². The van der Waals surface area contributed by atoms with Gasteiger partial charge in [-0.3, -0.25) is 4.79 Å². The van der Waals surface area contributed by atoms with E-state index in [1.807, 2.05) is 0 Å². The monoisotopic (exact) mass is 404 g/mol. The summed E-state index contributed by atoms with van der Waals surface area (Å²) in [5.74, 6) is -2.12. The van der Waals surface area contributed by atoms with Crippen molar-refractivity contribution < 1.29 is 23.1 Å². The minimum absolute atomic E-state index is 0.198. The van der Waals surface area contributed by atoms with Crippen molar-refractivity contribution in [2.45, 2.75) is 38.8 Å². The number of halogens is 3. The average Bonchev–Trinajstić information content (AvgIpc) is 2.89. The van der Waals surface area contributed by atoms with Crippen LogP contribution in [-0.2, 0) is 4.74 Å². The molecule has 8 heteroatoms. The number of hydrogen-bond acceptors (Lipinski definition) is 3. The molecule has 1 atom stereocenters. The van der Waals surface area contributed by atoms with Crippen LogP contribution >= 0.6 is 15.9 Å². The first-order valence-corrected chi connectivity index (χ1v) is 8.30. The fraction of sp³-hybridized carbons (Fsp3) is 0.500. The number of ether oxygens (including phenoxy) is 1. The van der Waals surface area contributed by atoms with Crippen molar-refractivity contribution in [2.75, 3.05) is 13.1 Å². The molecule has 2 amide bonds.